The van der Waals surface area contributed by atoms with Crippen LogP contribution in [0.5, 0.6) is 5.75 Å². The SMILES string of the molecule is CN(C(=O)OC(C)(C)C)C1CC(Oc2cc(Br)cn3cncc23)C1. The van der Waals surface area contributed by atoms with E-state index in [4.69, 9.17) is 9.47 Å². The molecule has 1 fully saturated rings. The number of hydrogen-bond acceptors (Lipinski definition) is 4. The molecule has 0 radical (unpaired) electrons. The molecule has 6 nitrogen and oxygen atoms in total. The quantitative estimate of drug-likeness (QED) is 0.791. The van der Waals surface area contributed by atoms with Gasteiger partial charge in [0.1, 0.15) is 23.0 Å². The maximum Gasteiger partial charge on any atom is 0.410 e. The molecule has 0 aromatic carbocycles. The lowest BCUT2D eigenvalue weighted by atomic mass is 9.88. The van der Waals surface area contributed by atoms with Gasteiger partial charge in [0.05, 0.1) is 12.5 Å². The Kier molecular flexibility index (Phi) is 4.46. The van der Waals surface area contributed by atoms with Gasteiger partial charge in [0, 0.05) is 36.6 Å². The van der Waals surface area contributed by atoms with Crippen molar-refractivity contribution in [2.75, 3.05) is 7.05 Å². The van der Waals surface area contributed by atoms with Crippen molar-refractivity contribution < 1.29 is 14.3 Å². The van der Waals surface area contributed by atoms with E-state index in [2.05, 4.69) is 20.9 Å². The smallest absolute Gasteiger partial charge is 0.410 e. The number of hydrogen-bond donors (Lipinski definition) is 0. The summed E-state index contributed by atoms with van der Waals surface area (Å²) in [6.07, 6.45) is 6.86. The van der Waals surface area contributed by atoms with Gasteiger partial charge in [0.2, 0.25) is 0 Å². The van der Waals surface area contributed by atoms with Crippen LogP contribution in [0.4, 0.5) is 4.79 Å². The largest absolute Gasteiger partial charge is 0.488 e. The summed E-state index contributed by atoms with van der Waals surface area (Å²) in [6.45, 7) is 5.61. The summed E-state index contributed by atoms with van der Waals surface area (Å²) >= 11 is 3.48. The van der Waals surface area contributed by atoms with E-state index in [9.17, 15) is 4.79 Å². The van der Waals surface area contributed by atoms with Crippen molar-refractivity contribution >= 4 is 27.5 Å². The van der Waals surface area contributed by atoms with E-state index in [-0.39, 0.29) is 18.2 Å². The topological polar surface area (TPSA) is 56.1 Å². The highest BCUT2D eigenvalue weighted by atomic mass is 79.9. The van der Waals surface area contributed by atoms with Crippen LogP contribution in [0.2, 0.25) is 0 Å². The number of carbonyl (C=O) groups excluding carboxylic acids is 1. The van der Waals surface area contributed by atoms with Crippen molar-refractivity contribution in [2.45, 2.75) is 51.4 Å². The molecule has 7 heteroatoms. The highest BCUT2D eigenvalue weighted by molar-refractivity contribution is 9.10. The van der Waals surface area contributed by atoms with Gasteiger partial charge in [-0.1, -0.05) is 0 Å². The first-order valence-corrected chi connectivity index (χ1v) is 8.76. The van der Waals surface area contributed by atoms with Gasteiger partial charge in [0.25, 0.3) is 0 Å². The Hall–Kier alpha value is -1.76. The third-order valence-electron chi connectivity index (χ3n) is 4.04. The first-order valence-electron chi connectivity index (χ1n) is 7.96. The second-order valence-electron chi connectivity index (χ2n) is 7.17. The monoisotopic (exact) mass is 395 g/mol. The van der Waals surface area contributed by atoms with Crippen LogP contribution in [-0.2, 0) is 4.74 Å². The molecule has 1 aliphatic carbocycles. The lowest BCUT2D eigenvalue weighted by molar-refractivity contribution is -0.00851. The van der Waals surface area contributed by atoms with Crippen LogP contribution in [-0.4, -0.2) is 45.2 Å². The third kappa shape index (κ3) is 3.66. The van der Waals surface area contributed by atoms with Gasteiger partial charge in [0.15, 0.2) is 0 Å². The lowest BCUT2D eigenvalue weighted by Crippen LogP contribution is -2.51. The number of rotatable bonds is 3. The first-order chi connectivity index (χ1) is 11.2. The van der Waals surface area contributed by atoms with Crippen LogP contribution in [0, 0.1) is 0 Å². The van der Waals surface area contributed by atoms with Crippen molar-refractivity contribution in [1.82, 2.24) is 14.3 Å². The van der Waals surface area contributed by atoms with E-state index < -0.39 is 5.60 Å². The van der Waals surface area contributed by atoms with E-state index in [1.807, 2.05) is 37.4 Å². The van der Waals surface area contributed by atoms with E-state index in [0.29, 0.717) is 0 Å². The van der Waals surface area contributed by atoms with E-state index in [1.54, 1.807) is 24.5 Å². The van der Waals surface area contributed by atoms with Crippen molar-refractivity contribution in [3.05, 3.63) is 29.3 Å². The second kappa shape index (κ2) is 6.27. The minimum atomic E-state index is -0.477. The molecule has 0 atom stereocenters. The highest BCUT2D eigenvalue weighted by Crippen LogP contribution is 2.33. The summed E-state index contributed by atoms with van der Waals surface area (Å²) in [4.78, 5) is 17.9. The normalized spacial score (nSPS) is 20.5. The van der Waals surface area contributed by atoms with Crippen molar-refractivity contribution in [3.63, 3.8) is 0 Å². The van der Waals surface area contributed by atoms with E-state index >= 15 is 0 Å². The Bertz CT molecular complexity index is 747. The fourth-order valence-corrected chi connectivity index (χ4v) is 3.10. The van der Waals surface area contributed by atoms with Gasteiger partial charge in [-0.25, -0.2) is 9.78 Å². The Balaban J connectivity index is 1.59. The number of nitrogens with zero attached hydrogens (tertiary/aromatic N) is 3. The Morgan fingerprint density at radius 1 is 1.42 bits per heavy atom. The molecule has 0 bridgehead atoms. The molecular formula is C17H22BrN3O3. The maximum atomic E-state index is 12.1. The zero-order valence-corrected chi connectivity index (χ0v) is 15.9. The van der Waals surface area contributed by atoms with Crippen LogP contribution < -0.4 is 4.74 Å². The molecule has 2 aromatic heterocycles. The molecule has 1 amide bonds. The van der Waals surface area contributed by atoms with Gasteiger partial charge in [-0.2, -0.15) is 0 Å². The van der Waals surface area contributed by atoms with E-state index in [0.717, 1.165) is 28.6 Å². The molecule has 24 heavy (non-hydrogen) atoms. The molecule has 3 rings (SSSR count). The Morgan fingerprint density at radius 2 is 2.12 bits per heavy atom. The minimum absolute atomic E-state index is 0.0906. The molecule has 2 aromatic rings. The van der Waals surface area contributed by atoms with Crippen molar-refractivity contribution in [2.24, 2.45) is 0 Å². The van der Waals surface area contributed by atoms with Gasteiger partial charge >= 0.3 is 6.09 Å². The zero-order valence-electron chi connectivity index (χ0n) is 14.3. The average molecular weight is 396 g/mol. The Labute approximate surface area is 149 Å². The molecule has 0 aliphatic heterocycles. The van der Waals surface area contributed by atoms with Gasteiger partial charge in [-0.05, 0) is 42.8 Å². The van der Waals surface area contributed by atoms with Gasteiger partial charge < -0.3 is 18.8 Å². The van der Waals surface area contributed by atoms with E-state index in [1.165, 1.54) is 0 Å². The predicted molar refractivity (Wildman–Crippen MR) is 94.3 cm³/mol. The van der Waals surface area contributed by atoms with Gasteiger partial charge in [-0.3, -0.25) is 0 Å². The average Bonchev–Trinajstić information content (AvgIpc) is 2.87. The summed E-state index contributed by atoms with van der Waals surface area (Å²) in [6, 6.07) is 2.10. The molecule has 2 heterocycles. The van der Waals surface area contributed by atoms with Crippen LogP contribution in [0.25, 0.3) is 5.52 Å². The molecular weight excluding hydrogens is 374 g/mol. The summed E-state index contributed by atoms with van der Waals surface area (Å²) in [5, 5.41) is 0. The van der Waals surface area contributed by atoms with Crippen molar-refractivity contribution in [1.29, 1.82) is 0 Å². The van der Waals surface area contributed by atoms with Crippen molar-refractivity contribution in [3.8, 4) is 5.75 Å². The number of amides is 1. The summed E-state index contributed by atoms with van der Waals surface area (Å²) in [5.74, 6) is 0.797. The Morgan fingerprint density at radius 3 is 2.79 bits per heavy atom. The molecule has 1 saturated carbocycles. The van der Waals surface area contributed by atoms with Crippen LogP contribution >= 0.6 is 15.9 Å². The molecule has 0 spiro atoms. The highest BCUT2D eigenvalue weighted by Gasteiger charge is 2.37. The van der Waals surface area contributed by atoms with Gasteiger partial charge in [-0.15, -0.1) is 0 Å². The number of pyridine rings is 1. The fourth-order valence-electron chi connectivity index (χ4n) is 2.67. The fraction of sp³-hybridized carbons (Fsp3) is 0.529. The number of ether oxygens (including phenoxy) is 2. The number of halogens is 1. The summed E-state index contributed by atoms with van der Waals surface area (Å²) in [7, 11) is 1.78. The maximum absolute atomic E-state index is 12.1. The number of fused-ring (bicyclic) bond motifs is 1. The van der Waals surface area contributed by atoms with Crippen LogP contribution in [0.3, 0.4) is 0 Å². The standard InChI is InChI=1S/C17H22BrN3O3/c1-17(2,3)24-16(22)20(4)12-6-13(7-12)23-15-5-11(18)9-21-10-19-8-14(15)21/h5,8-10,12-13H,6-7H2,1-4H3. The summed E-state index contributed by atoms with van der Waals surface area (Å²) in [5.41, 5.74) is 0.455. The molecule has 0 saturated heterocycles. The van der Waals surface area contributed by atoms with Crippen LogP contribution in [0.1, 0.15) is 33.6 Å². The van der Waals surface area contributed by atoms with Crippen LogP contribution in [0.15, 0.2) is 29.3 Å². The minimum Gasteiger partial charge on any atom is -0.488 e. The molecule has 1 aliphatic rings. The molecule has 130 valence electrons. The number of aromatic nitrogens is 2. The molecule has 0 unspecified atom stereocenters. The first kappa shape index (κ1) is 17.1. The number of imidazole rings is 1. The summed E-state index contributed by atoms with van der Waals surface area (Å²) < 4.78 is 14.3. The zero-order chi connectivity index (χ0) is 17.5. The third-order valence-corrected chi connectivity index (χ3v) is 4.48. The molecule has 0 N–H and O–H groups in total. The second-order valence-corrected chi connectivity index (χ2v) is 8.08. The lowest BCUT2D eigenvalue weighted by Gasteiger charge is -2.41. The predicted octanol–water partition coefficient (Wildman–Crippen LogP) is 3.87. The number of carbonyl (C=O) groups is 1.